The number of carbonyl (C=O) groups is 2. The summed E-state index contributed by atoms with van der Waals surface area (Å²) in [4.78, 5) is 27.2. The lowest BCUT2D eigenvalue weighted by Crippen LogP contribution is -2.29. The molecule has 1 fully saturated rings. The maximum atomic E-state index is 14.8. The maximum Gasteiger partial charge on any atom is 0.300 e. The van der Waals surface area contributed by atoms with Crippen molar-refractivity contribution in [2.75, 3.05) is 12.0 Å². The van der Waals surface area contributed by atoms with Crippen molar-refractivity contribution in [3.63, 3.8) is 0 Å². The van der Waals surface area contributed by atoms with Gasteiger partial charge in [0.1, 0.15) is 17.3 Å². The van der Waals surface area contributed by atoms with Gasteiger partial charge in [-0.2, -0.15) is 0 Å². The molecular weight excluding hydrogens is 465 g/mol. The Morgan fingerprint density at radius 3 is 2.35 bits per heavy atom. The van der Waals surface area contributed by atoms with Crippen LogP contribution >= 0.6 is 15.9 Å². The molecule has 5 nitrogen and oxygen atoms in total. The Labute approximate surface area is 186 Å². The molecular formula is C24H17BrFNO4. The number of halogens is 2. The third-order valence-electron chi connectivity index (χ3n) is 5.10. The van der Waals surface area contributed by atoms with Crippen molar-refractivity contribution in [1.82, 2.24) is 0 Å². The van der Waals surface area contributed by atoms with Crippen LogP contribution in [0.15, 0.2) is 82.8 Å². The van der Waals surface area contributed by atoms with E-state index in [2.05, 4.69) is 15.9 Å². The summed E-state index contributed by atoms with van der Waals surface area (Å²) in [5.41, 5.74) is 0.642. The first-order chi connectivity index (χ1) is 14.9. The first-order valence-electron chi connectivity index (χ1n) is 9.38. The molecule has 0 radical (unpaired) electrons. The third-order valence-corrected chi connectivity index (χ3v) is 5.72. The van der Waals surface area contributed by atoms with E-state index >= 15 is 0 Å². The van der Waals surface area contributed by atoms with Crippen LogP contribution in [0.1, 0.15) is 17.2 Å². The van der Waals surface area contributed by atoms with Crippen LogP contribution in [0.5, 0.6) is 5.75 Å². The lowest BCUT2D eigenvalue weighted by molar-refractivity contribution is -0.132. The van der Waals surface area contributed by atoms with E-state index in [1.54, 1.807) is 54.6 Å². The van der Waals surface area contributed by atoms with E-state index in [4.69, 9.17) is 4.74 Å². The van der Waals surface area contributed by atoms with Crippen LogP contribution in [0.25, 0.3) is 5.76 Å². The van der Waals surface area contributed by atoms with Gasteiger partial charge >= 0.3 is 0 Å². The summed E-state index contributed by atoms with van der Waals surface area (Å²) in [6.45, 7) is 0. The van der Waals surface area contributed by atoms with E-state index in [9.17, 15) is 19.1 Å². The molecule has 1 atom stereocenters. The first kappa shape index (κ1) is 20.8. The molecule has 0 aromatic heterocycles. The number of carbonyl (C=O) groups excluding carboxylic acids is 2. The second-order valence-corrected chi connectivity index (χ2v) is 7.73. The van der Waals surface area contributed by atoms with Gasteiger partial charge in [-0.05, 0) is 52.3 Å². The van der Waals surface area contributed by atoms with E-state index in [-0.39, 0.29) is 11.1 Å². The number of hydrogen-bond donors (Lipinski definition) is 1. The number of hydrogen-bond acceptors (Lipinski definition) is 4. The van der Waals surface area contributed by atoms with Crippen LogP contribution in [0, 0.1) is 5.82 Å². The van der Waals surface area contributed by atoms with Gasteiger partial charge in [0.15, 0.2) is 0 Å². The quantitative estimate of drug-likeness (QED) is 0.315. The molecule has 31 heavy (non-hydrogen) atoms. The van der Waals surface area contributed by atoms with Crippen molar-refractivity contribution < 1.29 is 23.8 Å². The average molecular weight is 482 g/mol. The summed E-state index contributed by atoms with van der Waals surface area (Å²) >= 11 is 3.35. The number of ether oxygens (including phenoxy) is 1. The number of aliphatic hydroxyl groups is 1. The average Bonchev–Trinajstić information content (AvgIpc) is 3.04. The van der Waals surface area contributed by atoms with Gasteiger partial charge < -0.3 is 9.84 Å². The highest BCUT2D eigenvalue weighted by Crippen LogP contribution is 2.43. The summed E-state index contributed by atoms with van der Waals surface area (Å²) in [6, 6.07) is 18.0. The predicted octanol–water partition coefficient (Wildman–Crippen LogP) is 5.22. The minimum atomic E-state index is -1.12. The Kier molecular flexibility index (Phi) is 5.61. The smallest absolute Gasteiger partial charge is 0.300 e. The Morgan fingerprint density at radius 1 is 1.03 bits per heavy atom. The third kappa shape index (κ3) is 3.61. The molecule has 0 aliphatic carbocycles. The Hall–Kier alpha value is -3.45. The summed E-state index contributed by atoms with van der Waals surface area (Å²) in [7, 11) is 1.50. The molecule has 1 heterocycles. The summed E-state index contributed by atoms with van der Waals surface area (Å²) in [5.74, 6) is -2.17. The molecule has 1 aliphatic heterocycles. The van der Waals surface area contributed by atoms with Crippen LogP contribution in [0.2, 0.25) is 0 Å². The summed E-state index contributed by atoms with van der Waals surface area (Å²) < 4.78 is 20.6. The van der Waals surface area contributed by atoms with Crippen molar-refractivity contribution >= 4 is 39.1 Å². The Bertz CT molecular complexity index is 1210. The number of para-hydroxylation sites is 1. The Morgan fingerprint density at radius 2 is 1.71 bits per heavy atom. The molecule has 0 bridgehead atoms. The standard InChI is InChI=1S/C24H17BrFNO4/c1-31-19-12-11-14(13-17(19)25)22(28)20-21(16-9-5-6-10-18(16)26)27(24(30)23(20)29)15-7-3-2-4-8-15/h2-13,21,28H,1H3/b22-20+. The normalized spacial score (nSPS) is 17.8. The van der Waals surface area contributed by atoms with Gasteiger partial charge in [-0.25, -0.2) is 4.39 Å². The summed E-state index contributed by atoms with van der Waals surface area (Å²) in [6.07, 6.45) is 0. The van der Waals surface area contributed by atoms with Gasteiger partial charge in [0.2, 0.25) is 0 Å². The van der Waals surface area contributed by atoms with Gasteiger partial charge in [-0.15, -0.1) is 0 Å². The zero-order valence-corrected chi connectivity index (χ0v) is 18.0. The molecule has 0 saturated carbocycles. The number of amides is 1. The fourth-order valence-electron chi connectivity index (χ4n) is 3.65. The van der Waals surface area contributed by atoms with E-state index in [1.807, 2.05) is 0 Å². The van der Waals surface area contributed by atoms with Gasteiger partial charge in [0, 0.05) is 16.8 Å². The molecule has 4 rings (SSSR count). The van der Waals surface area contributed by atoms with Crippen LogP contribution in [-0.2, 0) is 9.59 Å². The van der Waals surface area contributed by atoms with Crippen LogP contribution in [0.4, 0.5) is 10.1 Å². The SMILES string of the molecule is COc1ccc(/C(O)=C2\C(=O)C(=O)N(c3ccccc3)C2c2ccccc2F)cc1Br. The number of benzene rings is 3. The molecule has 1 N–H and O–H groups in total. The maximum absolute atomic E-state index is 14.8. The number of nitrogens with zero attached hydrogens (tertiary/aromatic N) is 1. The molecule has 1 saturated heterocycles. The van der Waals surface area contributed by atoms with Crippen molar-refractivity contribution in [2.45, 2.75) is 6.04 Å². The minimum absolute atomic E-state index is 0.111. The highest BCUT2D eigenvalue weighted by atomic mass is 79.9. The number of anilines is 1. The zero-order valence-electron chi connectivity index (χ0n) is 16.4. The van der Waals surface area contributed by atoms with Gasteiger partial charge in [-0.3, -0.25) is 14.5 Å². The van der Waals surface area contributed by atoms with Gasteiger partial charge in [0.25, 0.3) is 11.7 Å². The lowest BCUT2D eigenvalue weighted by atomic mass is 9.94. The second-order valence-electron chi connectivity index (χ2n) is 6.88. The van der Waals surface area contributed by atoms with Gasteiger partial charge in [0.05, 0.1) is 23.2 Å². The van der Waals surface area contributed by atoms with E-state index in [0.717, 1.165) is 0 Å². The number of rotatable bonds is 4. The van der Waals surface area contributed by atoms with E-state index in [1.165, 1.54) is 30.2 Å². The van der Waals surface area contributed by atoms with Crippen LogP contribution in [0.3, 0.4) is 0 Å². The Balaban J connectivity index is 1.96. The van der Waals surface area contributed by atoms with Gasteiger partial charge in [-0.1, -0.05) is 36.4 Å². The number of ketones is 1. The number of methoxy groups -OCH3 is 1. The van der Waals surface area contributed by atoms with Crippen LogP contribution < -0.4 is 9.64 Å². The highest BCUT2D eigenvalue weighted by molar-refractivity contribution is 9.10. The molecule has 156 valence electrons. The predicted molar refractivity (Wildman–Crippen MR) is 118 cm³/mol. The fourth-order valence-corrected chi connectivity index (χ4v) is 4.19. The molecule has 3 aromatic carbocycles. The highest BCUT2D eigenvalue weighted by Gasteiger charge is 2.47. The lowest BCUT2D eigenvalue weighted by Gasteiger charge is -2.25. The second kappa shape index (κ2) is 8.35. The molecule has 1 amide bonds. The van der Waals surface area contributed by atoms with E-state index < -0.39 is 29.3 Å². The minimum Gasteiger partial charge on any atom is -0.507 e. The van der Waals surface area contributed by atoms with Crippen molar-refractivity contribution in [3.05, 3.63) is 99.8 Å². The number of aliphatic hydroxyl groups excluding tert-OH is 1. The largest absolute Gasteiger partial charge is 0.507 e. The molecule has 1 unspecified atom stereocenters. The molecule has 3 aromatic rings. The van der Waals surface area contributed by atoms with Crippen molar-refractivity contribution in [1.29, 1.82) is 0 Å². The topological polar surface area (TPSA) is 66.8 Å². The monoisotopic (exact) mass is 481 g/mol. The summed E-state index contributed by atoms with van der Waals surface area (Å²) in [5, 5.41) is 11.1. The molecule has 7 heteroatoms. The fraction of sp³-hybridized carbons (Fsp3) is 0.0833. The molecule has 1 aliphatic rings. The van der Waals surface area contributed by atoms with Crippen molar-refractivity contribution in [3.8, 4) is 5.75 Å². The molecule has 0 spiro atoms. The zero-order chi connectivity index (χ0) is 22.1. The van der Waals surface area contributed by atoms with Crippen LogP contribution in [-0.4, -0.2) is 23.9 Å². The number of Topliss-reactive ketones (excluding diaryl/α,β-unsaturated/α-hetero) is 1. The van der Waals surface area contributed by atoms with E-state index in [0.29, 0.717) is 21.5 Å². The first-order valence-corrected chi connectivity index (χ1v) is 10.2. The van der Waals surface area contributed by atoms with Crippen molar-refractivity contribution in [2.24, 2.45) is 0 Å².